The fourth-order valence-corrected chi connectivity index (χ4v) is 1.76. The van der Waals surface area contributed by atoms with Crippen molar-refractivity contribution in [1.29, 1.82) is 0 Å². The van der Waals surface area contributed by atoms with Gasteiger partial charge in [-0.1, -0.05) is 23.8 Å². The van der Waals surface area contributed by atoms with Crippen molar-refractivity contribution >= 4 is 6.08 Å². The van der Waals surface area contributed by atoms with Gasteiger partial charge in [0, 0.05) is 0 Å². The Morgan fingerprint density at radius 1 is 1.07 bits per heavy atom. The highest BCUT2D eigenvalue weighted by Gasteiger charge is 2.02. The van der Waals surface area contributed by atoms with E-state index in [1.807, 2.05) is 19.9 Å². The molecule has 0 radical (unpaired) electrons. The van der Waals surface area contributed by atoms with Gasteiger partial charge in [0.2, 0.25) is 0 Å². The van der Waals surface area contributed by atoms with E-state index in [1.54, 1.807) is 0 Å². The van der Waals surface area contributed by atoms with Gasteiger partial charge in [0.1, 0.15) is 0 Å². The van der Waals surface area contributed by atoms with Crippen molar-refractivity contribution < 1.29 is 10.2 Å². The summed E-state index contributed by atoms with van der Waals surface area (Å²) in [5.41, 5.74) is 5.32. The Labute approximate surface area is 90.9 Å². The molecule has 2 heteroatoms. The van der Waals surface area contributed by atoms with Crippen molar-refractivity contribution in [2.24, 2.45) is 0 Å². The molecule has 1 aromatic rings. The third-order valence-corrected chi connectivity index (χ3v) is 2.49. The van der Waals surface area contributed by atoms with E-state index >= 15 is 0 Å². The number of hydrogen-bond donors (Lipinski definition) is 2. The van der Waals surface area contributed by atoms with Crippen LogP contribution in [0.15, 0.2) is 17.7 Å². The molecule has 0 saturated heterocycles. The standard InChI is InChI=1S/C13H18O2/c1-9-4-10(2)13(11(3)5-9)6-12(7-14)8-15/h4-6,14-15H,7-8H2,1-3H3. The SMILES string of the molecule is Cc1cc(C)c(C=C(CO)CO)c(C)c1. The molecule has 0 aliphatic carbocycles. The molecule has 15 heavy (non-hydrogen) atoms. The molecule has 2 N–H and O–H groups in total. The normalized spacial score (nSPS) is 10.2. The molecule has 2 nitrogen and oxygen atoms in total. The Hall–Kier alpha value is -1.12. The van der Waals surface area contributed by atoms with Gasteiger partial charge in [-0.15, -0.1) is 0 Å². The van der Waals surface area contributed by atoms with E-state index in [0.29, 0.717) is 5.57 Å². The molecular weight excluding hydrogens is 188 g/mol. The Bertz CT molecular complexity index is 349. The number of benzene rings is 1. The topological polar surface area (TPSA) is 40.5 Å². The van der Waals surface area contributed by atoms with Crippen molar-refractivity contribution in [3.05, 3.63) is 40.0 Å². The molecule has 0 aliphatic rings. The first-order valence-corrected chi connectivity index (χ1v) is 5.07. The first kappa shape index (κ1) is 12.0. The second kappa shape index (κ2) is 5.10. The van der Waals surface area contributed by atoms with Crippen LogP contribution < -0.4 is 0 Å². The summed E-state index contributed by atoms with van der Waals surface area (Å²) in [5.74, 6) is 0. The van der Waals surface area contributed by atoms with Crippen LogP contribution >= 0.6 is 0 Å². The summed E-state index contributed by atoms with van der Waals surface area (Å²) in [6, 6.07) is 4.20. The molecule has 1 rings (SSSR count). The first-order chi connectivity index (χ1) is 7.08. The van der Waals surface area contributed by atoms with E-state index in [-0.39, 0.29) is 13.2 Å². The van der Waals surface area contributed by atoms with Crippen LogP contribution in [0.25, 0.3) is 6.08 Å². The summed E-state index contributed by atoms with van der Waals surface area (Å²) in [4.78, 5) is 0. The summed E-state index contributed by atoms with van der Waals surface area (Å²) >= 11 is 0. The number of rotatable bonds is 3. The Balaban J connectivity index is 3.20. The molecule has 0 unspecified atom stereocenters. The van der Waals surface area contributed by atoms with E-state index in [1.165, 1.54) is 16.7 Å². The van der Waals surface area contributed by atoms with Crippen LogP contribution in [0.1, 0.15) is 22.3 Å². The van der Waals surface area contributed by atoms with Crippen molar-refractivity contribution in [2.45, 2.75) is 20.8 Å². The number of aryl methyl sites for hydroxylation is 3. The zero-order valence-electron chi connectivity index (χ0n) is 9.54. The predicted octanol–water partition coefficient (Wildman–Crippen LogP) is 1.98. The number of aliphatic hydroxyl groups is 2. The Morgan fingerprint density at radius 3 is 1.93 bits per heavy atom. The lowest BCUT2D eigenvalue weighted by Gasteiger charge is -2.09. The molecule has 0 atom stereocenters. The molecule has 0 aliphatic heterocycles. The summed E-state index contributed by atoms with van der Waals surface area (Å²) in [6.07, 6.45) is 1.87. The number of aliphatic hydroxyl groups excluding tert-OH is 2. The lowest BCUT2D eigenvalue weighted by molar-refractivity contribution is 0.278. The van der Waals surface area contributed by atoms with Crippen molar-refractivity contribution in [1.82, 2.24) is 0 Å². The minimum Gasteiger partial charge on any atom is -0.392 e. The fourth-order valence-electron chi connectivity index (χ4n) is 1.76. The highest BCUT2D eigenvalue weighted by atomic mass is 16.3. The van der Waals surface area contributed by atoms with Gasteiger partial charge in [0.25, 0.3) is 0 Å². The quantitative estimate of drug-likeness (QED) is 0.794. The summed E-state index contributed by atoms with van der Waals surface area (Å²) in [5, 5.41) is 18.0. The molecule has 0 bridgehead atoms. The van der Waals surface area contributed by atoms with Gasteiger partial charge in [0.15, 0.2) is 0 Å². The maximum Gasteiger partial charge on any atom is 0.0667 e. The monoisotopic (exact) mass is 206 g/mol. The molecule has 0 saturated carbocycles. The molecule has 82 valence electrons. The maximum atomic E-state index is 9.00. The van der Waals surface area contributed by atoms with Crippen molar-refractivity contribution in [2.75, 3.05) is 13.2 Å². The minimum absolute atomic E-state index is 0.0940. The smallest absolute Gasteiger partial charge is 0.0667 e. The molecule has 0 fully saturated rings. The van der Waals surface area contributed by atoms with Gasteiger partial charge in [-0.25, -0.2) is 0 Å². The number of hydrogen-bond acceptors (Lipinski definition) is 2. The summed E-state index contributed by atoms with van der Waals surface area (Å²) in [7, 11) is 0. The second-order valence-corrected chi connectivity index (χ2v) is 3.93. The zero-order chi connectivity index (χ0) is 11.4. The van der Waals surface area contributed by atoms with Crippen LogP contribution in [0.2, 0.25) is 0 Å². The lowest BCUT2D eigenvalue weighted by Crippen LogP contribution is -1.97. The van der Waals surface area contributed by atoms with E-state index in [2.05, 4.69) is 19.1 Å². The van der Waals surface area contributed by atoms with Crippen LogP contribution in [0.5, 0.6) is 0 Å². The van der Waals surface area contributed by atoms with Crippen LogP contribution in [0, 0.1) is 20.8 Å². The van der Waals surface area contributed by atoms with E-state index in [4.69, 9.17) is 10.2 Å². The van der Waals surface area contributed by atoms with Crippen molar-refractivity contribution in [3.8, 4) is 0 Å². The average Bonchev–Trinajstić information content (AvgIpc) is 2.17. The van der Waals surface area contributed by atoms with Crippen LogP contribution in [0.4, 0.5) is 0 Å². The first-order valence-electron chi connectivity index (χ1n) is 5.07. The predicted molar refractivity (Wildman–Crippen MR) is 62.8 cm³/mol. The van der Waals surface area contributed by atoms with Gasteiger partial charge in [0.05, 0.1) is 13.2 Å². The molecule has 0 heterocycles. The van der Waals surface area contributed by atoms with Gasteiger partial charge in [-0.05, 0) is 43.0 Å². The highest BCUT2D eigenvalue weighted by molar-refractivity contribution is 5.61. The van der Waals surface area contributed by atoms with Crippen LogP contribution in [-0.4, -0.2) is 23.4 Å². The van der Waals surface area contributed by atoms with Gasteiger partial charge >= 0.3 is 0 Å². The van der Waals surface area contributed by atoms with Crippen LogP contribution in [0.3, 0.4) is 0 Å². The molecule has 0 aromatic heterocycles. The average molecular weight is 206 g/mol. The van der Waals surface area contributed by atoms with E-state index in [0.717, 1.165) is 5.56 Å². The van der Waals surface area contributed by atoms with Crippen LogP contribution in [-0.2, 0) is 0 Å². The van der Waals surface area contributed by atoms with Crippen molar-refractivity contribution in [3.63, 3.8) is 0 Å². The third-order valence-electron chi connectivity index (χ3n) is 2.49. The zero-order valence-corrected chi connectivity index (χ0v) is 9.54. The second-order valence-electron chi connectivity index (χ2n) is 3.93. The van der Waals surface area contributed by atoms with Gasteiger partial charge in [-0.2, -0.15) is 0 Å². The molecule has 0 amide bonds. The Morgan fingerprint density at radius 2 is 1.53 bits per heavy atom. The summed E-state index contributed by atoms with van der Waals surface area (Å²) < 4.78 is 0. The fraction of sp³-hybridized carbons (Fsp3) is 0.385. The molecular formula is C13H18O2. The van der Waals surface area contributed by atoms with Gasteiger partial charge < -0.3 is 10.2 Å². The summed E-state index contributed by atoms with van der Waals surface area (Å²) in [6.45, 7) is 5.95. The van der Waals surface area contributed by atoms with E-state index < -0.39 is 0 Å². The largest absolute Gasteiger partial charge is 0.392 e. The Kier molecular flexibility index (Phi) is 4.06. The molecule has 1 aromatic carbocycles. The highest BCUT2D eigenvalue weighted by Crippen LogP contribution is 2.19. The molecule has 0 spiro atoms. The maximum absolute atomic E-state index is 9.00. The van der Waals surface area contributed by atoms with E-state index in [9.17, 15) is 0 Å². The lowest BCUT2D eigenvalue weighted by atomic mass is 9.98. The third kappa shape index (κ3) is 2.91. The van der Waals surface area contributed by atoms with Gasteiger partial charge in [-0.3, -0.25) is 0 Å². The minimum atomic E-state index is -0.0940.